The Bertz CT molecular complexity index is 2050. The molecular formula is C39H40ClN4O8P. The van der Waals surface area contributed by atoms with Crippen molar-refractivity contribution in [1.82, 2.24) is 14.2 Å². The Morgan fingerprint density at radius 1 is 0.887 bits per heavy atom. The Kier molecular flexibility index (Phi) is 11.8. The van der Waals surface area contributed by atoms with Crippen molar-refractivity contribution in [2.75, 3.05) is 40.2 Å². The molecular weight excluding hydrogens is 719 g/mol. The van der Waals surface area contributed by atoms with Crippen molar-refractivity contribution in [3.63, 3.8) is 0 Å². The van der Waals surface area contributed by atoms with E-state index in [1.54, 1.807) is 58.6 Å². The van der Waals surface area contributed by atoms with Crippen LogP contribution in [0, 0.1) is 0 Å². The van der Waals surface area contributed by atoms with Crippen molar-refractivity contribution in [1.29, 1.82) is 0 Å². The molecule has 276 valence electrons. The van der Waals surface area contributed by atoms with Crippen LogP contribution in [0.2, 0.25) is 0 Å². The lowest BCUT2D eigenvalue weighted by molar-refractivity contribution is -0.0964. The van der Waals surface area contributed by atoms with E-state index in [4.69, 9.17) is 34.7 Å². The number of ether oxygens (including phenoxy) is 4. The highest BCUT2D eigenvalue weighted by atomic mass is 35.7. The number of hydrogen-bond acceptors (Lipinski definition) is 9. The molecule has 5 aromatic rings. The molecule has 6 rings (SSSR count). The molecule has 1 unspecified atom stereocenters. The molecule has 1 saturated heterocycles. The molecule has 0 spiro atoms. The van der Waals surface area contributed by atoms with Gasteiger partial charge in [-0.05, 0) is 84.5 Å². The summed E-state index contributed by atoms with van der Waals surface area (Å²) in [5.41, 5.74) is 0.912. The summed E-state index contributed by atoms with van der Waals surface area (Å²) in [6.45, 7) is -3.93. The molecule has 14 heteroatoms. The highest BCUT2D eigenvalue weighted by Gasteiger charge is 2.47. The molecule has 0 radical (unpaired) electrons. The summed E-state index contributed by atoms with van der Waals surface area (Å²) in [7, 11) is 6.31. The zero-order valence-corrected chi connectivity index (χ0v) is 31.3. The van der Waals surface area contributed by atoms with Gasteiger partial charge in [0.05, 0.1) is 26.9 Å². The maximum absolute atomic E-state index is 13.5. The first-order valence-corrected chi connectivity index (χ1v) is 19.3. The lowest BCUT2D eigenvalue weighted by Crippen LogP contribution is -2.41. The molecule has 0 bridgehead atoms. The van der Waals surface area contributed by atoms with Crippen LogP contribution in [0.3, 0.4) is 0 Å². The van der Waals surface area contributed by atoms with E-state index in [1.807, 2.05) is 78.9 Å². The van der Waals surface area contributed by atoms with E-state index in [0.29, 0.717) is 17.1 Å². The van der Waals surface area contributed by atoms with Crippen molar-refractivity contribution in [2.45, 2.75) is 30.5 Å². The zero-order valence-electron chi connectivity index (χ0n) is 29.6. The first kappa shape index (κ1) is 37.9. The third kappa shape index (κ3) is 8.39. The molecule has 12 nitrogen and oxygen atoms in total. The van der Waals surface area contributed by atoms with Gasteiger partial charge in [0.15, 0.2) is 0 Å². The third-order valence-corrected chi connectivity index (χ3v) is 11.6. The van der Waals surface area contributed by atoms with Crippen LogP contribution in [-0.2, 0) is 24.2 Å². The first-order valence-electron chi connectivity index (χ1n) is 16.8. The van der Waals surface area contributed by atoms with E-state index in [2.05, 4.69) is 10.3 Å². The van der Waals surface area contributed by atoms with E-state index in [0.717, 1.165) is 16.7 Å². The Balaban J connectivity index is 1.40. The molecule has 1 amide bonds. The smallest absolute Gasteiger partial charge is 0.362 e. The van der Waals surface area contributed by atoms with Crippen LogP contribution in [0.1, 0.15) is 39.7 Å². The van der Waals surface area contributed by atoms with Crippen molar-refractivity contribution in [3.8, 4) is 11.5 Å². The minimum absolute atomic E-state index is 0.0851. The van der Waals surface area contributed by atoms with Crippen molar-refractivity contribution < 1.29 is 32.8 Å². The van der Waals surface area contributed by atoms with E-state index >= 15 is 0 Å². The van der Waals surface area contributed by atoms with Crippen molar-refractivity contribution in [2.24, 2.45) is 0 Å². The molecule has 53 heavy (non-hydrogen) atoms. The van der Waals surface area contributed by atoms with Gasteiger partial charge in [0.1, 0.15) is 35.2 Å². The normalized spacial score (nSPS) is 18.3. The Morgan fingerprint density at radius 3 is 1.96 bits per heavy atom. The number of carbonyl (C=O) groups excluding carboxylic acids is 1. The second kappa shape index (κ2) is 16.5. The number of nitrogens with one attached hydrogen (secondary N) is 1. The van der Waals surface area contributed by atoms with E-state index < -0.39 is 42.5 Å². The number of amides is 1. The summed E-state index contributed by atoms with van der Waals surface area (Å²) >= 11 is 6.30. The van der Waals surface area contributed by atoms with Gasteiger partial charge in [-0.1, -0.05) is 72.8 Å². The van der Waals surface area contributed by atoms with Gasteiger partial charge in [0.2, 0.25) is 0 Å². The molecule has 1 aliphatic heterocycles. The monoisotopic (exact) mass is 758 g/mol. The average Bonchev–Trinajstić information content (AvgIpc) is 3.58. The summed E-state index contributed by atoms with van der Waals surface area (Å²) in [4.78, 5) is 30.3. The summed E-state index contributed by atoms with van der Waals surface area (Å²) in [6.07, 6.45) is -0.809. The second-order valence-electron chi connectivity index (χ2n) is 12.4. The largest absolute Gasteiger partial charge is 0.497 e. The van der Waals surface area contributed by atoms with Gasteiger partial charge < -0.3 is 28.8 Å². The molecule has 1 aromatic heterocycles. The summed E-state index contributed by atoms with van der Waals surface area (Å²) in [6, 6.07) is 35.0. The van der Waals surface area contributed by atoms with Gasteiger partial charge >= 0.3 is 12.6 Å². The van der Waals surface area contributed by atoms with Gasteiger partial charge in [-0.3, -0.25) is 13.9 Å². The Hall–Kier alpha value is -4.81. The van der Waals surface area contributed by atoms with Gasteiger partial charge in [-0.15, -0.1) is 0 Å². The molecule has 0 aliphatic carbocycles. The van der Waals surface area contributed by atoms with Crippen molar-refractivity contribution in [3.05, 3.63) is 154 Å². The minimum atomic E-state index is -3.71. The number of anilines is 1. The summed E-state index contributed by atoms with van der Waals surface area (Å²) < 4.78 is 46.3. The Morgan fingerprint density at radius 2 is 1.43 bits per heavy atom. The summed E-state index contributed by atoms with van der Waals surface area (Å²) in [5.74, 6) is 1.01. The highest BCUT2D eigenvalue weighted by molar-refractivity contribution is 7.83. The molecule has 4 atom stereocenters. The fourth-order valence-corrected chi connectivity index (χ4v) is 6.89. The van der Waals surface area contributed by atoms with E-state index in [1.165, 1.54) is 21.5 Å². The maximum atomic E-state index is 13.5. The molecule has 0 saturated carbocycles. The molecule has 4 aromatic carbocycles. The second-order valence-corrected chi connectivity index (χ2v) is 15.7. The first-order chi connectivity index (χ1) is 25.5. The summed E-state index contributed by atoms with van der Waals surface area (Å²) in [5, 5.41) is 2.67. The quantitative estimate of drug-likeness (QED) is 0.0925. The van der Waals surface area contributed by atoms with Gasteiger partial charge in [0, 0.05) is 18.2 Å². The number of hydrogen-bond donors (Lipinski definition) is 1. The van der Waals surface area contributed by atoms with Crippen LogP contribution in [-0.4, -0.2) is 67.3 Å². The third-order valence-electron chi connectivity index (χ3n) is 8.98. The molecule has 2 heterocycles. The molecule has 1 aliphatic rings. The number of methoxy groups -OCH3 is 2. The molecule has 1 N–H and O–H groups in total. The number of benzene rings is 4. The number of rotatable bonds is 14. The van der Waals surface area contributed by atoms with Crippen LogP contribution < -0.4 is 20.5 Å². The minimum Gasteiger partial charge on any atom is -0.497 e. The van der Waals surface area contributed by atoms with Gasteiger partial charge in [-0.25, -0.2) is 9.46 Å². The fraction of sp³-hybridized carbons (Fsp3) is 0.256. The fourth-order valence-electron chi connectivity index (χ4n) is 6.16. The standard InChI is InChI=1S/C39H40ClN4O8P/c1-43(2)53(40,47)50-26-34-33(25-36(51-34)44-24-23-35(42-38(44)46)41-37(45)27-11-7-5-8-12-27)52-39(28-13-9-6-10-14-28,29-15-19-31(48-3)20-16-29)30-17-21-32(49-4)22-18-30/h5-24,33-34,36H,25-26H2,1-4H3,(H,41,42,45,46)/t33-,34+,36+,53?/m0/s1. The number of halogens is 1. The number of nitrogens with zero attached hydrogens (tertiary/aromatic N) is 3. The van der Waals surface area contributed by atoms with Crippen LogP contribution in [0.15, 0.2) is 126 Å². The van der Waals surface area contributed by atoms with Crippen LogP contribution in [0.5, 0.6) is 11.5 Å². The number of aromatic nitrogens is 2. The van der Waals surface area contributed by atoms with Gasteiger partial charge in [-0.2, -0.15) is 4.98 Å². The maximum Gasteiger partial charge on any atom is 0.362 e. The van der Waals surface area contributed by atoms with E-state index in [-0.39, 0.29) is 18.8 Å². The molecule has 1 fully saturated rings. The SMILES string of the molecule is COc1ccc(C(O[C@H]2C[C@H](n3ccc(NC(=O)c4ccccc4)nc3=O)O[C@@H]2COP(=O)(Cl)N(C)C)(c2ccccc2)c2ccc(OC)cc2)cc1. The van der Waals surface area contributed by atoms with Crippen LogP contribution in [0.4, 0.5) is 5.82 Å². The number of carbonyl (C=O) groups is 1. The lowest BCUT2D eigenvalue weighted by atomic mass is 9.79. The van der Waals surface area contributed by atoms with Crippen molar-refractivity contribution >= 4 is 29.8 Å². The lowest BCUT2D eigenvalue weighted by Gasteiger charge is -2.39. The predicted octanol–water partition coefficient (Wildman–Crippen LogP) is 7.10. The highest BCUT2D eigenvalue weighted by Crippen LogP contribution is 2.55. The van der Waals surface area contributed by atoms with Crippen LogP contribution in [0.25, 0.3) is 0 Å². The Labute approximate surface area is 312 Å². The van der Waals surface area contributed by atoms with E-state index in [9.17, 15) is 14.2 Å². The predicted molar refractivity (Wildman–Crippen MR) is 202 cm³/mol. The van der Waals surface area contributed by atoms with Crippen LogP contribution >= 0.6 is 18.1 Å². The zero-order chi connectivity index (χ0) is 37.6. The topological polar surface area (TPSA) is 130 Å². The average molecular weight is 759 g/mol. The van der Waals surface area contributed by atoms with Gasteiger partial charge in [0.25, 0.3) is 5.91 Å².